The Labute approximate surface area is 108 Å². The van der Waals surface area contributed by atoms with Gasteiger partial charge >= 0.3 is 0 Å². The number of para-hydroxylation sites is 1. The van der Waals surface area contributed by atoms with Crippen LogP contribution in [0, 0.1) is 11.7 Å². The minimum Gasteiger partial charge on any atom is -0.366 e. The van der Waals surface area contributed by atoms with Crippen LogP contribution in [0.4, 0.5) is 10.1 Å². The summed E-state index contributed by atoms with van der Waals surface area (Å²) in [4.78, 5) is 2.32. The van der Waals surface area contributed by atoms with E-state index in [9.17, 15) is 4.39 Å². The molecule has 2 aliphatic carbocycles. The monoisotopic (exact) mass is 248 g/mol. The minimum atomic E-state index is -0.0755. The topological polar surface area (TPSA) is 29.3 Å². The maximum atomic E-state index is 14.2. The van der Waals surface area contributed by atoms with E-state index in [2.05, 4.69) is 4.90 Å². The molecule has 0 amide bonds. The molecule has 0 atom stereocenters. The molecule has 98 valence electrons. The lowest BCUT2D eigenvalue weighted by atomic mass is 10.1. The van der Waals surface area contributed by atoms with Gasteiger partial charge in [-0.05, 0) is 56.2 Å². The summed E-state index contributed by atoms with van der Waals surface area (Å²) in [6.07, 6.45) is 5.81. The minimum absolute atomic E-state index is 0.0755. The van der Waals surface area contributed by atoms with E-state index in [0.29, 0.717) is 12.6 Å². The lowest BCUT2D eigenvalue weighted by Gasteiger charge is -2.27. The van der Waals surface area contributed by atoms with Crippen molar-refractivity contribution >= 4 is 5.69 Å². The van der Waals surface area contributed by atoms with Gasteiger partial charge in [-0.25, -0.2) is 4.39 Å². The largest absolute Gasteiger partial charge is 0.366 e. The van der Waals surface area contributed by atoms with Crippen molar-refractivity contribution in [3.05, 3.63) is 29.6 Å². The van der Waals surface area contributed by atoms with Gasteiger partial charge in [0.1, 0.15) is 5.82 Å². The van der Waals surface area contributed by atoms with Crippen LogP contribution in [-0.2, 0) is 6.42 Å². The molecule has 2 saturated carbocycles. The third-order valence-electron chi connectivity index (χ3n) is 3.91. The van der Waals surface area contributed by atoms with Gasteiger partial charge in [-0.2, -0.15) is 0 Å². The summed E-state index contributed by atoms with van der Waals surface area (Å²) in [5.74, 6) is 0.712. The molecule has 3 heteroatoms. The van der Waals surface area contributed by atoms with Crippen molar-refractivity contribution in [1.82, 2.24) is 0 Å². The zero-order valence-electron chi connectivity index (χ0n) is 10.7. The van der Waals surface area contributed by atoms with Gasteiger partial charge in [-0.15, -0.1) is 0 Å². The van der Waals surface area contributed by atoms with Gasteiger partial charge in [0.25, 0.3) is 0 Å². The van der Waals surface area contributed by atoms with Crippen LogP contribution in [0.3, 0.4) is 0 Å². The standard InChI is InChI=1S/C15H21FN2/c16-14-3-1-2-12(8-9-17)15(14)18(13-6-7-13)10-11-4-5-11/h1-3,11,13H,4-10,17H2. The molecule has 1 aromatic rings. The second kappa shape index (κ2) is 4.88. The van der Waals surface area contributed by atoms with Crippen molar-refractivity contribution in [2.75, 3.05) is 18.0 Å². The Hall–Kier alpha value is -1.09. The lowest BCUT2D eigenvalue weighted by molar-refractivity contribution is 0.605. The van der Waals surface area contributed by atoms with Gasteiger partial charge in [0.2, 0.25) is 0 Å². The number of hydrogen-bond donors (Lipinski definition) is 1. The smallest absolute Gasteiger partial charge is 0.146 e. The highest BCUT2D eigenvalue weighted by atomic mass is 19.1. The van der Waals surface area contributed by atoms with E-state index in [-0.39, 0.29) is 5.82 Å². The number of nitrogens with two attached hydrogens (primary N) is 1. The van der Waals surface area contributed by atoms with Crippen LogP contribution in [0.5, 0.6) is 0 Å². The first-order valence-corrected chi connectivity index (χ1v) is 7.03. The molecule has 0 bridgehead atoms. The number of benzene rings is 1. The normalized spacial score (nSPS) is 19.0. The van der Waals surface area contributed by atoms with Crippen LogP contribution >= 0.6 is 0 Å². The van der Waals surface area contributed by atoms with E-state index < -0.39 is 0 Å². The number of anilines is 1. The fraction of sp³-hybridized carbons (Fsp3) is 0.600. The van der Waals surface area contributed by atoms with E-state index in [1.54, 1.807) is 12.1 Å². The molecule has 0 saturated heterocycles. The van der Waals surface area contributed by atoms with Crippen LogP contribution in [0.25, 0.3) is 0 Å². The quantitative estimate of drug-likeness (QED) is 0.838. The number of hydrogen-bond acceptors (Lipinski definition) is 2. The zero-order valence-corrected chi connectivity index (χ0v) is 10.7. The van der Waals surface area contributed by atoms with Crippen LogP contribution in [0.1, 0.15) is 31.2 Å². The zero-order chi connectivity index (χ0) is 12.5. The SMILES string of the molecule is NCCc1cccc(F)c1N(CC1CC1)C1CC1. The first-order valence-electron chi connectivity index (χ1n) is 7.03. The molecule has 1 aromatic carbocycles. The summed E-state index contributed by atoms with van der Waals surface area (Å²) in [6.45, 7) is 1.61. The van der Waals surface area contributed by atoms with Gasteiger partial charge < -0.3 is 10.6 Å². The van der Waals surface area contributed by atoms with Crippen LogP contribution in [0.2, 0.25) is 0 Å². The van der Waals surface area contributed by atoms with Crippen molar-refractivity contribution in [3.8, 4) is 0 Å². The molecule has 0 heterocycles. The van der Waals surface area contributed by atoms with E-state index in [1.165, 1.54) is 25.7 Å². The fourth-order valence-electron chi connectivity index (χ4n) is 2.63. The van der Waals surface area contributed by atoms with E-state index in [4.69, 9.17) is 5.73 Å². The maximum absolute atomic E-state index is 14.2. The highest BCUT2D eigenvalue weighted by molar-refractivity contribution is 5.57. The van der Waals surface area contributed by atoms with E-state index in [0.717, 1.165) is 30.1 Å². The molecule has 2 nitrogen and oxygen atoms in total. The van der Waals surface area contributed by atoms with Crippen molar-refractivity contribution in [1.29, 1.82) is 0 Å². The molecule has 2 N–H and O–H groups in total. The predicted molar refractivity (Wildman–Crippen MR) is 72.3 cm³/mol. The summed E-state index contributed by atoms with van der Waals surface area (Å²) < 4.78 is 14.2. The Bertz CT molecular complexity index is 425. The van der Waals surface area contributed by atoms with Crippen molar-refractivity contribution in [3.63, 3.8) is 0 Å². The summed E-state index contributed by atoms with van der Waals surface area (Å²) in [5, 5.41) is 0. The number of rotatable bonds is 6. The molecule has 0 radical (unpaired) electrons. The Morgan fingerprint density at radius 3 is 2.61 bits per heavy atom. The summed E-state index contributed by atoms with van der Waals surface area (Å²) in [6, 6.07) is 5.97. The first kappa shape index (κ1) is 12.0. The molecule has 2 aliphatic rings. The van der Waals surface area contributed by atoms with Crippen LogP contribution < -0.4 is 10.6 Å². The average molecular weight is 248 g/mol. The molecule has 3 rings (SSSR count). The predicted octanol–water partition coefficient (Wildman–Crippen LogP) is 2.71. The second-order valence-electron chi connectivity index (χ2n) is 5.61. The highest BCUT2D eigenvalue weighted by Crippen LogP contribution is 2.39. The third-order valence-corrected chi connectivity index (χ3v) is 3.91. The highest BCUT2D eigenvalue weighted by Gasteiger charge is 2.35. The van der Waals surface area contributed by atoms with Crippen molar-refractivity contribution in [2.24, 2.45) is 11.7 Å². The fourth-order valence-corrected chi connectivity index (χ4v) is 2.63. The Morgan fingerprint density at radius 1 is 1.22 bits per heavy atom. The van der Waals surface area contributed by atoms with Crippen LogP contribution in [0.15, 0.2) is 18.2 Å². The van der Waals surface area contributed by atoms with Gasteiger partial charge in [0.05, 0.1) is 5.69 Å². The maximum Gasteiger partial charge on any atom is 0.146 e. The van der Waals surface area contributed by atoms with Crippen LogP contribution in [-0.4, -0.2) is 19.1 Å². The summed E-state index contributed by atoms with van der Waals surface area (Å²) in [7, 11) is 0. The number of halogens is 1. The average Bonchev–Trinajstić information content (AvgIpc) is 3.22. The molecule has 2 fully saturated rings. The van der Waals surface area contributed by atoms with Gasteiger partial charge in [0, 0.05) is 12.6 Å². The van der Waals surface area contributed by atoms with Gasteiger partial charge in [0.15, 0.2) is 0 Å². The Kier molecular flexibility index (Phi) is 3.25. The molecule has 0 aromatic heterocycles. The molecule has 0 spiro atoms. The van der Waals surface area contributed by atoms with Gasteiger partial charge in [-0.3, -0.25) is 0 Å². The molecule has 18 heavy (non-hydrogen) atoms. The van der Waals surface area contributed by atoms with E-state index in [1.807, 2.05) is 6.07 Å². The molecular weight excluding hydrogens is 227 g/mol. The van der Waals surface area contributed by atoms with Crippen molar-refractivity contribution < 1.29 is 4.39 Å². The molecule has 0 unspecified atom stereocenters. The third kappa shape index (κ3) is 2.51. The molecule has 0 aliphatic heterocycles. The first-order chi connectivity index (χ1) is 8.79. The van der Waals surface area contributed by atoms with Crippen molar-refractivity contribution in [2.45, 2.75) is 38.1 Å². The molecular formula is C15H21FN2. The second-order valence-corrected chi connectivity index (χ2v) is 5.61. The Balaban J connectivity index is 1.90. The summed E-state index contributed by atoms with van der Waals surface area (Å²) >= 11 is 0. The van der Waals surface area contributed by atoms with Gasteiger partial charge in [-0.1, -0.05) is 12.1 Å². The summed E-state index contributed by atoms with van der Waals surface area (Å²) in [5.41, 5.74) is 7.55. The number of nitrogens with zero attached hydrogens (tertiary/aromatic N) is 1. The Morgan fingerprint density at radius 2 is 2.00 bits per heavy atom. The lowest BCUT2D eigenvalue weighted by Crippen LogP contribution is -2.30. The van der Waals surface area contributed by atoms with E-state index >= 15 is 0 Å².